The molecule has 3 rings (SSSR count). The van der Waals surface area contributed by atoms with Crippen LogP contribution in [0.15, 0.2) is 42.5 Å². The maximum atomic E-state index is 12.4. The molecule has 0 heterocycles. The van der Waals surface area contributed by atoms with Gasteiger partial charge in [0.05, 0.1) is 6.54 Å². The fourth-order valence-corrected chi connectivity index (χ4v) is 3.93. The molecule has 1 atom stereocenters. The number of benzene rings is 2. The number of likely N-dealkylation sites (N-methyl/N-ethyl adjacent to an activating group) is 1. The number of nitrogens with one attached hydrogen (secondary N) is 1. The number of rotatable bonds is 4. The zero-order valence-electron chi connectivity index (χ0n) is 13.5. The number of hydrogen-bond acceptors (Lipinski definition) is 2. The second-order valence-corrected chi connectivity index (χ2v) is 7.42. The van der Waals surface area contributed by atoms with Crippen LogP contribution in [-0.2, 0) is 11.2 Å². The second kappa shape index (κ2) is 7.01. The van der Waals surface area contributed by atoms with Gasteiger partial charge in [-0.1, -0.05) is 24.3 Å². The molecule has 0 aromatic heterocycles. The standard InChI is InChI=1S/C19H21IN2O/c1-13-11-15(20)8-9-17(13)21-19(23)12-22(2)18-10-7-14-5-3-4-6-16(14)18/h3-6,8-9,11,18H,7,10,12H2,1-2H3,(H,21,23)/t18-/m1/s1. The van der Waals surface area contributed by atoms with E-state index in [1.54, 1.807) is 0 Å². The smallest absolute Gasteiger partial charge is 0.238 e. The Morgan fingerprint density at radius 2 is 2.09 bits per heavy atom. The Hall–Kier alpha value is -1.40. The van der Waals surface area contributed by atoms with Crippen LogP contribution in [0.4, 0.5) is 5.69 Å². The van der Waals surface area contributed by atoms with Gasteiger partial charge in [-0.15, -0.1) is 0 Å². The van der Waals surface area contributed by atoms with Crippen LogP contribution in [-0.4, -0.2) is 24.4 Å². The van der Waals surface area contributed by atoms with Crippen molar-refractivity contribution in [1.29, 1.82) is 0 Å². The highest BCUT2D eigenvalue weighted by Crippen LogP contribution is 2.34. The molecule has 1 amide bonds. The molecule has 0 aliphatic heterocycles. The van der Waals surface area contributed by atoms with E-state index in [1.807, 2.05) is 26.1 Å². The SMILES string of the molecule is Cc1cc(I)ccc1NC(=O)CN(C)[C@@H]1CCc2ccccc21. The quantitative estimate of drug-likeness (QED) is 0.754. The van der Waals surface area contributed by atoms with Gasteiger partial charge < -0.3 is 5.32 Å². The molecule has 1 aliphatic rings. The van der Waals surface area contributed by atoms with Gasteiger partial charge in [0.1, 0.15) is 0 Å². The number of nitrogens with zero attached hydrogens (tertiary/aromatic N) is 1. The third-order valence-electron chi connectivity index (χ3n) is 4.49. The first kappa shape index (κ1) is 16.5. The molecule has 120 valence electrons. The third kappa shape index (κ3) is 3.75. The highest BCUT2D eigenvalue weighted by atomic mass is 127. The minimum Gasteiger partial charge on any atom is -0.325 e. The summed E-state index contributed by atoms with van der Waals surface area (Å²) in [7, 11) is 2.03. The molecular weight excluding hydrogens is 399 g/mol. The lowest BCUT2D eigenvalue weighted by Crippen LogP contribution is -2.32. The normalized spacial score (nSPS) is 16.4. The number of anilines is 1. The number of carbonyl (C=O) groups excluding carboxylic acids is 1. The summed E-state index contributed by atoms with van der Waals surface area (Å²) in [4.78, 5) is 14.5. The van der Waals surface area contributed by atoms with Gasteiger partial charge in [-0.2, -0.15) is 0 Å². The van der Waals surface area contributed by atoms with Crippen molar-refractivity contribution in [1.82, 2.24) is 4.90 Å². The zero-order valence-corrected chi connectivity index (χ0v) is 15.6. The number of carbonyl (C=O) groups is 1. The van der Waals surface area contributed by atoms with E-state index < -0.39 is 0 Å². The van der Waals surface area contributed by atoms with Gasteiger partial charge in [0.15, 0.2) is 0 Å². The van der Waals surface area contributed by atoms with Crippen molar-refractivity contribution in [3.8, 4) is 0 Å². The summed E-state index contributed by atoms with van der Waals surface area (Å²) in [5.41, 5.74) is 4.78. The molecule has 0 bridgehead atoms. The van der Waals surface area contributed by atoms with Crippen molar-refractivity contribution < 1.29 is 4.79 Å². The van der Waals surface area contributed by atoms with E-state index in [9.17, 15) is 4.79 Å². The van der Waals surface area contributed by atoms with Crippen molar-refractivity contribution in [2.45, 2.75) is 25.8 Å². The molecule has 0 spiro atoms. The van der Waals surface area contributed by atoms with E-state index >= 15 is 0 Å². The number of fused-ring (bicyclic) bond motifs is 1. The summed E-state index contributed by atoms with van der Waals surface area (Å²) in [5.74, 6) is 0.0428. The van der Waals surface area contributed by atoms with E-state index in [0.717, 1.165) is 24.1 Å². The first-order valence-electron chi connectivity index (χ1n) is 7.88. The molecule has 4 heteroatoms. The van der Waals surface area contributed by atoms with Crippen LogP contribution >= 0.6 is 22.6 Å². The highest BCUT2D eigenvalue weighted by molar-refractivity contribution is 14.1. The summed E-state index contributed by atoms with van der Waals surface area (Å²) in [5, 5.41) is 3.03. The van der Waals surface area contributed by atoms with E-state index in [2.05, 4.69) is 63.1 Å². The van der Waals surface area contributed by atoms with Gasteiger partial charge in [0.25, 0.3) is 0 Å². The second-order valence-electron chi connectivity index (χ2n) is 6.18. The third-order valence-corrected chi connectivity index (χ3v) is 5.16. The fourth-order valence-electron chi connectivity index (χ4n) is 3.29. The number of halogens is 1. The average Bonchev–Trinajstić information content (AvgIpc) is 2.94. The van der Waals surface area contributed by atoms with Crippen molar-refractivity contribution in [2.75, 3.05) is 18.9 Å². The Morgan fingerprint density at radius 1 is 1.30 bits per heavy atom. The van der Waals surface area contributed by atoms with E-state index in [1.165, 1.54) is 14.7 Å². The molecule has 0 unspecified atom stereocenters. The topological polar surface area (TPSA) is 32.3 Å². The van der Waals surface area contributed by atoms with E-state index in [-0.39, 0.29) is 5.91 Å². The molecular formula is C19H21IN2O. The fraction of sp³-hybridized carbons (Fsp3) is 0.316. The van der Waals surface area contributed by atoms with Gasteiger partial charge >= 0.3 is 0 Å². The first-order valence-corrected chi connectivity index (χ1v) is 8.96. The first-order chi connectivity index (χ1) is 11.0. The monoisotopic (exact) mass is 420 g/mol. The lowest BCUT2D eigenvalue weighted by Gasteiger charge is -2.24. The summed E-state index contributed by atoms with van der Waals surface area (Å²) in [6, 6.07) is 15.0. The summed E-state index contributed by atoms with van der Waals surface area (Å²) < 4.78 is 1.18. The van der Waals surface area contributed by atoms with Crippen LogP contribution in [0.25, 0.3) is 0 Å². The van der Waals surface area contributed by atoms with Crippen molar-refractivity contribution in [3.05, 3.63) is 62.7 Å². The number of aryl methyl sites for hydroxylation is 2. The lowest BCUT2D eigenvalue weighted by atomic mass is 10.1. The van der Waals surface area contributed by atoms with Gasteiger partial charge in [-0.25, -0.2) is 0 Å². The Labute approximate surface area is 151 Å². The molecule has 2 aromatic carbocycles. The van der Waals surface area contributed by atoms with Gasteiger partial charge in [0.2, 0.25) is 5.91 Å². The maximum Gasteiger partial charge on any atom is 0.238 e. The minimum atomic E-state index is 0.0428. The number of hydrogen-bond donors (Lipinski definition) is 1. The molecule has 2 aromatic rings. The Kier molecular flexibility index (Phi) is 5.02. The zero-order chi connectivity index (χ0) is 16.4. The Morgan fingerprint density at radius 3 is 2.87 bits per heavy atom. The van der Waals surface area contributed by atoms with Crippen LogP contribution in [0.5, 0.6) is 0 Å². The van der Waals surface area contributed by atoms with Gasteiger partial charge in [0, 0.05) is 15.3 Å². The molecule has 1 N–H and O–H groups in total. The summed E-state index contributed by atoms with van der Waals surface area (Å²) in [6.45, 7) is 2.43. The van der Waals surface area contributed by atoms with Crippen LogP contribution in [0.2, 0.25) is 0 Å². The predicted molar refractivity (Wildman–Crippen MR) is 103 cm³/mol. The highest BCUT2D eigenvalue weighted by Gasteiger charge is 2.26. The van der Waals surface area contributed by atoms with Crippen molar-refractivity contribution in [2.24, 2.45) is 0 Å². The molecule has 0 saturated heterocycles. The van der Waals surface area contributed by atoms with Crippen LogP contribution in [0.1, 0.15) is 29.2 Å². The van der Waals surface area contributed by atoms with Crippen molar-refractivity contribution >= 4 is 34.2 Å². The molecule has 3 nitrogen and oxygen atoms in total. The molecule has 0 saturated carbocycles. The largest absolute Gasteiger partial charge is 0.325 e. The van der Waals surface area contributed by atoms with Crippen LogP contribution in [0.3, 0.4) is 0 Å². The minimum absolute atomic E-state index is 0.0428. The molecule has 0 radical (unpaired) electrons. The van der Waals surface area contributed by atoms with Crippen molar-refractivity contribution in [3.63, 3.8) is 0 Å². The molecule has 23 heavy (non-hydrogen) atoms. The van der Waals surface area contributed by atoms with Gasteiger partial charge in [-0.3, -0.25) is 9.69 Å². The maximum absolute atomic E-state index is 12.4. The predicted octanol–water partition coefficient (Wildman–Crippen LogP) is 4.16. The Balaban J connectivity index is 1.64. The Bertz CT molecular complexity index is 729. The summed E-state index contributed by atoms with van der Waals surface area (Å²) >= 11 is 2.28. The lowest BCUT2D eigenvalue weighted by molar-refractivity contribution is -0.117. The van der Waals surface area contributed by atoms with Crippen LogP contribution < -0.4 is 5.32 Å². The van der Waals surface area contributed by atoms with E-state index in [0.29, 0.717) is 12.6 Å². The summed E-state index contributed by atoms with van der Waals surface area (Å²) in [6.07, 6.45) is 2.19. The average molecular weight is 420 g/mol. The van der Waals surface area contributed by atoms with Gasteiger partial charge in [-0.05, 0) is 84.3 Å². The van der Waals surface area contributed by atoms with E-state index in [4.69, 9.17) is 0 Å². The molecule has 0 fully saturated rings. The number of amides is 1. The molecule has 1 aliphatic carbocycles. The van der Waals surface area contributed by atoms with Crippen LogP contribution in [0, 0.1) is 10.5 Å².